The van der Waals surface area contributed by atoms with Crippen molar-refractivity contribution in [2.75, 3.05) is 47.1 Å². The van der Waals surface area contributed by atoms with Crippen LogP contribution in [0.1, 0.15) is 20.3 Å². The molecule has 0 saturated heterocycles. The van der Waals surface area contributed by atoms with Crippen LogP contribution in [0.25, 0.3) is 0 Å². The van der Waals surface area contributed by atoms with Crippen molar-refractivity contribution in [1.82, 2.24) is 4.90 Å². The molecule has 17 heavy (non-hydrogen) atoms. The van der Waals surface area contributed by atoms with E-state index in [9.17, 15) is 4.79 Å². The maximum Gasteiger partial charge on any atom is 0.323 e. The molecule has 1 unspecified atom stereocenters. The van der Waals surface area contributed by atoms with E-state index in [0.29, 0.717) is 19.8 Å². The molecule has 0 aliphatic carbocycles. The summed E-state index contributed by atoms with van der Waals surface area (Å²) >= 11 is 0. The molecule has 0 radical (unpaired) electrons. The van der Waals surface area contributed by atoms with Crippen molar-refractivity contribution in [1.29, 1.82) is 0 Å². The maximum absolute atomic E-state index is 11.6. The highest BCUT2D eigenvalue weighted by Crippen LogP contribution is 2.03. The quantitative estimate of drug-likeness (QED) is 0.424. The first-order chi connectivity index (χ1) is 8.17. The van der Waals surface area contributed by atoms with Crippen molar-refractivity contribution in [2.45, 2.75) is 26.3 Å². The molecule has 0 rings (SSSR count). The van der Waals surface area contributed by atoms with Gasteiger partial charge in [-0.25, -0.2) is 0 Å². The van der Waals surface area contributed by atoms with E-state index in [-0.39, 0.29) is 12.0 Å². The summed E-state index contributed by atoms with van der Waals surface area (Å²) in [5, 5.41) is 0. The molecular weight excluding hydrogens is 222 g/mol. The molecule has 0 aliphatic rings. The summed E-state index contributed by atoms with van der Waals surface area (Å²) in [6, 6.07) is -0.234. The van der Waals surface area contributed by atoms with Crippen molar-refractivity contribution in [3.05, 3.63) is 0 Å². The molecule has 0 spiro atoms. The third kappa shape index (κ3) is 7.31. The second-order valence-corrected chi connectivity index (χ2v) is 3.80. The van der Waals surface area contributed by atoms with E-state index in [1.165, 1.54) is 0 Å². The Balaban J connectivity index is 4.17. The van der Waals surface area contributed by atoms with Crippen LogP contribution in [0, 0.1) is 0 Å². The van der Waals surface area contributed by atoms with Gasteiger partial charge in [0.2, 0.25) is 0 Å². The van der Waals surface area contributed by atoms with Gasteiger partial charge in [0.1, 0.15) is 6.04 Å². The standard InChI is InChI=1S/C12H25NO4/c1-5-17-12(14)11(2)13(8-10-16-4)7-6-9-15-3/h11H,5-10H2,1-4H3. The summed E-state index contributed by atoms with van der Waals surface area (Å²) < 4.78 is 15.1. The van der Waals surface area contributed by atoms with Crippen LogP contribution in [-0.4, -0.2) is 64.0 Å². The summed E-state index contributed by atoms with van der Waals surface area (Å²) in [5.41, 5.74) is 0. The monoisotopic (exact) mass is 247 g/mol. The zero-order chi connectivity index (χ0) is 13.1. The van der Waals surface area contributed by atoms with Crippen LogP contribution >= 0.6 is 0 Å². The Morgan fingerprint density at radius 1 is 1.18 bits per heavy atom. The van der Waals surface area contributed by atoms with Gasteiger partial charge in [0.15, 0.2) is 0 Å². The van der Waals surface area contributed by atoms with Crippen LogP contribution in [0.3, 0.4) is 0 Å². The van der Waals surface area contributed by atoms with E-state index in [2.05, 4.69) is 4.90 Å². The van der Waals surface area contributed by atoms with E-state index in [4.69, 9.17) is 14.2 Å². The van der Waals surface area contributed by atoms with E-state index in [0.717, 1.165) is 19.5 Å². The Morgan fingerprint density at radius 2 is 1.82 bits per heavy atom. The minimum atomic E-state index is -0.234. The Morgan fingerprint density at radius 3 is 2.35 bits per heavy atom. The average molecular weight is 247 g/mol. The summed E-state index contributed by atoms with van der Waals surface area (Å²) in [7, 11) is 3.33. The minimum absolute atomic E-state index is 0.180. The van der Waals surface area contributed by atoms with Crippen LogP contribution in [0.2, 0.25) is 0 Å². The lowest BCUT2D eigenvalue weighted by atomic mass is 10.2. The molecule has 0 aliphatic heterocycles. The highest BCUT2D eigenvalue weighted by atomic mass is 16.5. The third-order valence-electron chi connectivity index (χ3n) is 2.55. The van der Waals surface area contributed by atoms with Gasteiger partial charge in [0, 0.05) is 33.9 Å². The molecule has 5 heteroatoms. The SMILES string of the molecule is CCOC(=O)C(C)N(CCCOC)CCOC. The van der Waals surface area contributed by atoms with E-state index in [1.54, 1.807) is 14.2 Å². The highest BCUT2D eigenvalue weighted by Gasteiger charge is 2.21. The predicted molar refractivity (Wildman–Crippen MR) is 66.0 cm³/mol. The number of rotatable bonds is 10. The van der Waals surface area contributed by atoms with Gasteiger partial charge in [-0.1, -0.05) is 0 Å². The fourth-order valence-electron chi connectivity index (χ4n) is 1.53. The number of hydrogen-bond donors (Lipinski definition) is 0. The van der Waals surface area contributed by atoms with Gasteiger partial charge in [-0.05, 0) is 20.3 Å². The number of nitrogens with zero attached hydrogens (tertiary/aromatic N) is 1. The zero-order valence-electron chi connectivity index (χ0n) is 11.4. The van der Waals surface area contributed by atoms with Crippen LogP contribution in [0.15, 0.2) is 0 Å². The lowest BCUT2D eigenvalue weighted by molar-refractivity contribution is -0.149. The van der Waals surface area contributed by atoms with Crippen LogP contribution in [0.5, 0.6) is 0 Å². The van der Waals surface area contributed by atoms with Crippen molar-refractivity contribution >= 4 is 5.97 Å². The molecule has 5 nitrogen and oxygen atoms in total. The van der Waals surface area contributed by atoms with Crippen molar-refractivity contribution in [3.63, 3.8) is 0 Å². The Labute approximate surface area is 104 Å². The van der Waals surface area contributed by atoms with Gasteiger partial charge >= 0.3 is 5.97 Å². The fourth-order valence-corrected chi connectivity index (χ4v) is 1.53. The molecule has 0 heterocycles. The third-order valence-corrected chi connectivity index (χ3v) is 2.55. The molecule has 0 fully saturated rings. The molecule has 1 atom stereocenters. The Kier molecular flexibility index (Phi) is 10.1. The topological polar surface area (TPSA) is 48.0 Å². The summed E-state index contributed by atoms with van der Waals surface area (Å²) in [4.78, 5) is 13.7. The van der Waals surface area contributed by atoms with Crippen molar-refractivity contribution in [2.24, 2.45) is 0 Å². The lowest BCUT2D eigenvalue weighted by Crippen LogP contribution is -2.42. The summed E-state index contributed by atoms with van der Waals surface area (Å²) in [5.74, 6) is -0.180. The Bertz CT molecular complexity index is 199. The molecule has 0 bridgehead atoms. The molecule has 0 aromatic rings. The van der Waals surface area contributed by atoms with Gasteiger partial charge < -0.3 is 14.2 Å². The second-order valence-electron chi connectivity index (χ2n) is 3.80. The lowest BCUT2D eigenvalue weighted by Gasteiger charge is -2.27. The number of carbonyl (C=O) groups excluding carboxylic acids is 1. The van der Waals surface area contributed by atoms with Crippen LogP contribution in [-0.2, 0) is 19.0 Å². The molecule has 0 saturated carbocycles. The highest BCUT2D eigenvalue weighted by molar-refractivity contribution is 5.75. The first-order valence-corrected chi connectivity index (χ1v) is 6.05. The molecule has 0 aromatic heterocycles. The fraction of sp³-hybridized carbons (Fsp3) is 0.917. The van der Waals surface area contributed by atoms with Gasteiger partial charge in [0.05, 0.1) is 13.2 Å². The minimum Gasteiger partial charge on any atom is -0.465 e. The van der Waals surface area contributed by atoms with E-state index < -0.39 is 0 Å². The normalized spacial score (nSPS) is 12.8. The van der Waals surface area contributed by atoms with Crippen molar-refractivity contribution in [3.8, 4) is 0 Å². The first-order valence-electron chi connectivity index (χ1n) is 6.05. The summed E-state index contributed by atoms with van der Waals surface area (Å²) in [6.07, 6.45) is 0.893. The molecule has 102 valence electrons. The Hall–Kier alpha value is -0.650. The number of methoxy groups -OCH3 is 2. The predicted octanol–water partition coefficient (Wildman–Crippen LogP) is 0.923. The van der Waals surface area contributed by atoms with E-state index in [1.807, 2.05) is 13.8 Å². The van der Waals surface area contributed by atoms with Gasteiger partial charge in [-0.3, -0.25) is 9.69 Å². The van der Waals surface area contributed by atoms with Gasteiger partial charge in [0.25, 0.3) is 0 Å². The summed E-state index contributed by atoms with van der Waals surface area (Å²) in [6.45, 7) is 6.92. The van der Waals surface area contributed by atoms with Gasteiger partial charge in [-0.15, -0.1) is 0 Å². The molecular formula is C12H25NO4. The zero-order valence-corrected chi connectivity index (χ0v) is 11.4. The molecule has 0 N–H and O–H groups in total. The smallest absolute Gasteiger partial charge is 0.323 e. The van der Waals surface area contributed by atoms with E-state index >= 15 is 0 Å². The van der Waals surface area contributed by atoms with Gasteiger partial charge in [-0.2, -0.15) is 0 Å². The van der Waals surface area contributed by atoms with Crippen molar-refractivity contribution < 1.29 is 19.0 Å². The number of esters is 1. The number of hydrogen-bond acceptors (Lipinski definition) is 5. The maximum atomic E-state index is 11.6. The molecule has 0 aromatic carbocycles. The number of ether oxygens (including phenoxy) is 3. The first kappa shape index (κ1) is 16.4. The molecule has 0 amide bonds. The van der Waals surface area contributed by atoms with Crippen LogP contribution < -0.4 is 0 Å². The number of carbonyl (C=O) groups is 1. The second kappa shape index (κ2) is 10.5. The average Bonchev–Trinajstić information content (AvgIpc) is 2.33. The van der Waals surface area contributed by atoms with Crippen LogP contribution in [0.4, 0.5) is 0 Å². The largest absolute Gasteiger partial charge is 0.465 e.